The predicted molar refractivity (Wildman–Crippen MR) is 98.5 cm³/mol. The lowest BCUT2D eigenvalue weighted by Gasteiger charge is -2.19. The van der Waals surface area contributed by atoms with Crippen LogP contribution in [0.1, 0.15) is 41.1 Å². The van der Waals surface area contributed by atoms with Gasteiger partial charge < -0.3 is 8.83 Å². The average Bonchev–Trinajstić information content (AvgIpc) is 3.31. The lowest BCUT2D eigenvalue weighted by molar-refractivity contribution is -0.116. The molecule has 0 spiro atoms. The molecule has 3 heteroatoms. The van der Waals surface area contributed by atoms with E-state index in [9.17, 15) is 4.79 Å². The highest BCUT2D eigenvalue weighted by atomic mass is 16.3. The number of hydrogen-bond acceptors (Lipinski definition) is 3. The van der Waals surface area contributed by atoms with Gasteiger partial charge in [0.25, 0.3) is 0 Å². The van der Waals surface area contributed by atoms with Crippen LogP contribution in [0.3, 0.4) is 0 Å². The smallest absolute Gasteiger partial charge is 0.163 e. The second-order valence-corrected chi connectivity index (χ2v) is 6.09. The maximum absolute atomic E-state index is 13.0. The molecule has 1 atom stereocenters. The van der Waals surface area contributed by atoms with Crippen LogP contribution < -0.4 is 0 Å². The highest BCUT2D eigenvalue weighted by Crippen LogP contribution is 2.29. The van der Waals surface area contributed by atoms with Crippen molar-refractivity contribution < 1.29 is 13.6 Å². The van der Waals surface area contributed by atoms with Gasteiger partial charge in [-0.05, 0) is 66.5 Å². The van der Waals surface area contributed by atoms with Crippen LogP contribution in [0, 0.1) is 6.92 Å². The Kier molecular flexibility index (Phi) is 5.34. The molecule has 0 amide bonds. The summed E-state index contributed by atoms with van der Waals surface area (Å²) in [5.41, 5.74) is 3.45. The largest absolute Gasteiger partial charge is 0.469 e. The fourth-order valence-corrected chi connectivity index (χ4v) is 3.19. The fraction of sp³-hybridized carbons (Fsp3) is 0.227. The lowest BCUT2D eigenvalue weighted by Crippen LogP contribution is -2.16. The maximum atomic E-state index is 13.0. The maximum Gasteiger partial charge on any atom is 0.163 e. The number of ketones is 1. The topological polar surface area (TPSA) is 43.4 Å². The zero-order chi connectivity index (χ0) is 17.6. The quantitative estimate of drug-likeness (QED) is 0.547. The molecule has 25 heavy (non-hydrogen) atoms. The lowest BCUT2D eigenvalue weighted by atomic mass is 9.83. The Morgan fingerprint density at radius 1 is 1.08 bits per heavy atom. The summed E-state index contributed by atoms with van der Waals surface area (Å²) in [6.07, 6.45) is 8.02. The third kappa shape index (κ3) is 4.00. The normalized spacial score (nSPS) is 12.6. The van der Waals surface area contributed by atoms with Crippen molar-refractivity contribution in [1.82, 2.24) is 0 Å². The summed E-state index contributed by atoms with van der Waals surface area (Å²) in [4.78, 5) is 13.0. The van der Waals surface area contributed by atoms with Crippen molar-refractivity contribution in [2.45, 2.75) is 32.6 Å². The zero-order valence-corrected chi connectivity index (χ0v) is 14.6. The van der Waals surface area contributed by atoms with E-state index in [0.29, 0.717) is 12.2 Å². The Morgan fingerprint density at radius 3 is 2.56 bits per heavy atom. The van der Waals surface area contributed by atoms with Gasteiger partial charge in [0, 0.05) is 6.42 Å². The molecule has 0 fully saturated rings. The molecule has 0 aliphatic carbocycles. The molecular formula is C22H22O3. The summed E-state index contributed by atoms with van der Waals surface area (Å²) in [6.45, 7) is 4.18. The number of aryl methyl sites for hydroxylation is 2. The minimum atomic E-state index is -0.270. The second-order valence-electron chi connectivity index (χ2n) is 6.09. The molecule has 3 nitrogen and oxygen atoms in total. The molecule has 0 saturated carbocycles. The number of hydrogen-bond donors (Lipinski definition) is 0. The van der Waals surface area contributed by atoms with Crippen molar-refractivity contribution in [2.24, 2.45) is 0 Å². The number of benzene rings is 1. The standard InChI is InChI=1S/C22H22O3/c1-3-17-8-4-7-16(2)22(17)20(15-19-10-6-14-25-19)21(23)12-11-18-9-5-13-24-18/h4-14,20H,3,15H2,1-2H3/b12-11+. The van der Waals surface area contributed by atoms with Gasteiger partial charge in [0.05, 0.1) is 18.4 Å². The molecule has 3 rings (SSSR count). The SMILES string of the molecule is CCc1cccc(C)c1C(Cc1ccco1)C(=O)/C=C/c1ccco1. The van der Waals surface area contributed by atoms with Crippen LogP contribution >= 0.6 is 0 Å². The van der Waals surface area contributed by atoms with Crippen molar-refractivity contribution in [3.63, 3.8) is 0 Å². The van der Waals surface area contributed by atoms with Crippen LogP contribution in [0.15, 0.2) is 69.9 Å². The van der Waals surface area contributed by atoms with E-state index in [0.717, 1.165) is 23.3 Å². The molecule has 128 valence electrons. The summed E-state index contributed by atoms with van der Waals surface area (Å²) < 4.78 is 10.8. The van der Waals surface area contributed by atoms with Gasteiger partial charge in [0.2, 0.25) is 0 Å². The van der Waals surface area contributed by atoms with E-state index in [1.165, 1.54) is 5.56 Å². The molecule has 1 unspecified atom stereocenters. The van der Waals surface area contributed by atoms with Gasteiger partial charge in [-0.1, -0.05) is 25.1 Å². The summed E-state index contributed by atoms with van der Waals surface area (Å²) in [7, 11) is 0. The monoisotopic (exact) mass is 334 g/mol. The second kappa shape index (κ2) is 7.84. The van der Waals surface area contributed by atoms with Crippen LogP contribution in [0.4, 0.5) is 0 Å². The minimum absolute atomic E-state index is 0.0526. The molecule has 0 saturated heterocycles. The van der Waals surface area contributed by atoms with Gasteiger partial charge in [-0.3, -0.25) is 4.79 Å². The van der Waals surface area contributed by atoms with E-state index in [1.54, 1.807) is 30.7 Å². The van der Waals surface area contributed by atoms with E-state index < -0.39 is 0 Å². The zero-order valence-electron chi connectivity index (χ0n) is 14.6. The Labute approximate surface area is 148 Å². The van der Waals surface area contributed by atoms with Crippen LogP contribution in [0.2, 0.25) is 0 Å². The summed E-state index contributed by atoms with van der Waals surface area (Å²) in [6, 6.07) is 13.6. The average molecular weight is 334 g/mol. The molecule has 0 bridgehead atoms. The number of furan rings is 2. The fourth-order valence-electron chi connectivity index (χ4n) is 3.19. The predicted octanol–water partition coefficient (Wildman–Crippen LogP) is 5.35. The van der Waals surface area contributed by atoms with E-state index in [4.69, 9.17) is 8.83 Å². The van der Waals surface area contributed by atoms with Crippen molar-refractivity contribution in [3.05, 3.63) is 89.3 Å². The van der Waals surface area contributed by atoms with E-state index in [2.05, 4.69) is 26.0 Å². The van der Waals surface area contributed by atoms with Crippen molar-refractivity contribution >= 4 is 11.9 Å². The molecule has 0 aliphatic rings. The summed E-state index contributed by atoms with van der Waals surface area (Å²) >= 11 is 0. The first kappa shape index (κ1) is 17.0. The van der Waals surface area contributed by atoms with Gasteiger partial charge in [-0.2, -0.15) is 0 Å². The Morgan fingerprint density at radius 2 is 1.88 bits per heavy atom. The molecular weight excluding hydrogens is 312 g/mol. The van der Waals surface area contributed by atoms with Gasteiger partial charge >= 0.3 is 0 Å². The first-order valence-corrected chi connectivity index (χ1v) is 8.55. The molecule has 0 aliphatic heterocycles. The van der Waals surface area contributed by atoms with Crippen LogP contribution in [0.25, 0.3) is 6.08 Å². The van der Waals surface area contributed by atoms with Gasteiger partial charge in [-0.15, -0.1) is 0 Å². The van der Waals surface area contributed by atoms with Crippen LogP contribution in [-0.4, -0.2) is 5.78 Å². The molecule has 3 aromatic rings. The van der Waals surface area contributed by atoms with Gasteiger partial charge in [-0.25, -0.2) is 0 Å². The molecule has 2 aromatic heterocycles. The molecule has 1 aromatic carbocycles. The van der Waals surface area contributed by atoms with E-state index in [-0.39, 0.29) is 11.7 Å². The number of allylic oxidation sites excluding steroid dienone is 1. The van der Waals surface area contributed by atoms with E-state index in [1.807, 2.05) is 24.3 Å². The summed E-state index contributed by atoms with van der Waals surface area (Å²) in [5, 5.41) is 0. The molecule has 2 heterocycles. The summed E-state index contributed by atoms with van der Waals surface area (Å²) in [5.74, 6) is 1.27. The van der Waals surface area contributed by atoms with Crippen molar-refractivity contribution in [2.75, 3.05) is 0 Å². The first-order valence-electron chi connectivity index (χ1n) is 8.55. The number of rotatable bonds is 7. The van der Waals surface area contributed by atoms with Crippen molar-refractivity contribution in [1.29, 1.82) is 0 Å². The number of carbonyl (C=O) groups excluding carboxylic acids is 1. The Balaban J connectivity index is 1.96. The highest BCUT2D eigenvalue weighted by Gasteiger charge is 2.24. The van der Waals surface area contributed by atoms with Crippen molar-refractivity contribution in [3.8, 4) is 0 Å². The number of carbonyl (C=O) groups is 1. The molecule has 0 N–H and O–H groups in total. The van der Waals surface area contributed by atoms with E-state index >= 15 is 0 Å². The first-order chi connectivity index (χ1) is 12.2. The Hall–Kier alpha value is -2.81. The van der Waals surface area contributed by atoms with Crippen LogP contribution in [0.5, 0.6) is 0 Å². The molecule has 0 radical (unpaired) electrons. The van der Waals surface area contributed by atoms with Crippen LogP contribution in [-0.2, 0) is 17.6 Å². The third-order valence-corrected chi connectivity index (χ3v) is 4.43. The van der Waals surface area contributed by atoms with Gasteiger partial charge in [0.15, 0.2) is 5.78 Å². The van der Waals surface area contributed by atoms with Gasteiger partial charge in [0.1, 0.15) is 11.5 Å². The highest BCUT2D eigenvalue weighted by molar-refractivity contribution is 5.98. The Bertz CT molecular complexity index is 840. The third-order valence-electron chi connectivity index (χ3n) is 4.43. The minimum Gasteiger partial charge on any atom is -0.469 e.